The number of benzene rings is 2. The standard InChI is InChI=1S/C16H19NO5S/c1-4-22-13-7-5-6-12(10-13)17-23(18,19)14-8-9-15(20-2)16(11-14)21-3/h5-11,17H,4H2,1-3H3. The van der Waals surface area contributed by atoms with Crippen LogP contribution in [0.3, 0.4) is 0 Å². The minimum absolute atomic E-state index is 0.0805. The van der Waals surface area contributed by atoms with E-state index in [1.54, 1.807) is 30.3 Å². The van der Waals surface area contributed by atoms with Gasteiger partial charge in [-0.2, -0.15) is 0 Å². The number of rotatable bonds is 7. The van der Waals surface area contributed by atoms with Crippen LogP contribution in [0.25, 0.3) is 0 Å². The van der Waals surface area contributed by atoms with Gasteiger partial charge in [-0.25, -0.2) is 8.42 Å². The first-order valence-electron chi connectivity index (χ1n) is 6.98. The molecule has 0 aliphatic rings. The number of hydrogen-bond acceptors (Lipinski definition) is 5. The highest BCUT2D eigenvalue weighted by Gasteiger charge is 2.17. The lowest BCUT2D eigenvalue weighted by atomic mass is 10.3. The molecule has 0 radical (unpaired) electrons. The van der Waals surface area contributed by atoms with Gasteiger partial charge in [0.05, 0.1) is 31.4 Å². The molecule has 0 bridgehead atoms. The number of hydrogen-bond donors (Lipinski definition) is 1. The summed E-state index contributed by atoms with van der Waals surface area (Å²) in [6.07, 6.45) is 0. The Kier molecular flexibility index (Phi) is 5.33. The molecular formula is C16H19NO5S. The number of ether oxygens (including phenoxy) is 3. The van der Waals surface area contributed by atoms with E-state index in [9.17, 15) is 8.42 Å². The molecule has 0 fully saturated rings. The van der Waals surface area contributed by atoms with Gasteiger partial charge in [-0.15, -0.1) is 0 Å². The predicted molar refractivity (Wildman–Crippen MR) is 88.0 cm³/mol. The summed E-state index contributed by atoms with van der Waals surface area (Å²) in [5.74, 6) is 1.41. The lowest BCUT2D eigenvalue weighted by molar-refractivity contribution is 0.340. The van der Waals surface area contributed by atoms with Gasteiger partial charge >= 0.3 is 0 Å². The fourth-order valence-electron chi connectivity index (χ4n) is 2.01. The smallest absolute Gasteiger partial charge is 0.262 e. The van der Waals surface area contributed by atoms with Crippen molar-refractivity contribution in [3.8, 4) is 17.2 Å². The first-order chi connectivity index (χ1) is 11.0. The highest BCUT2D eigenvalue weighted by molar-refractivity contribution is 7.92. The lowest BCUT2D eigenvalue weighted by Gasteiger charge is -2.12. The topological polar surface area (TPSA) is 73.9 Å². The minimum atomic E-state index is -3.74. The van der Waals surface area contributed by atoms with Crippen molar-refractivity contribution < 1.29 is 22.6 Å². The third-order valence-corrected chi connectivity index (χ3v) is 4.44. The molecule has 23 heavy (non-hydrogen) atoms. The quantitative estimate of drug-likeness (QED) is 0.841. The van der Waals surface area contributed by atoms with Crippen LogP contribution in [0.1, 0.15) is 6.92 Å². The van der Waals surface area contributed by atoms with Gasteiger partial charge in [-0.3, -0.25) is 4.72 Å². The summed E-state index contributed by atoms with van der Waals surface area (Å²) in [6, 6.07) is 11.2. The largest absolute Gasteiger partial charge is 0.494 e. The Bertz CT molecular complexity index is 774. The normalized spacial score (nSPS) is 10.9. The second-order valence-electron chi connectivity index (χ2n) is 4.58. The van der Waals surface area contributed by atoms with Crippen LogP contribution in [0.15, 0.2) is 47.4 Å². The Morgan fingerprint density at radius 1 is 1.00 bits per heavy atom. The molecule has 0 amide bonds. The van der Waals surface area contributed by atoms with E-state index in [-0.39, 0.29) is 4.90 Å². The summed E-state index contributed by atoms with van der Waals surface area (Å²) >= 11 is 0. The van der Waals surface area contributed by atoms with Gasteiger partial charge in [-0.05, 0) is 31.2 Å². The van der Waals surface area contributed by atoms with Gasteiger partial charge in [-0.1, -0.05) is 6.07 Å². The Morgan fingerprint density at radius 3 is 2.39 bits per heavy atom. The maximum atomic E-state index is 12.5. The molecule has 0 spiro atoms. The zero-order valence-electron chi connectivity index (χ0n) is 13.2. The van der Waals surface area contributed by atoms with Crippen molar-refractivity contribution in [3.05, 3.63) is 42.5 Å². The van der Waals surface area contributed by atoms with Crippen molar-refractivity contribution in [2.45, 2.75) is 11.8 Å². The fraction of sp³-hybridized carbons (Fsp3) is 0.250. The first-order valence-corrected chi connectivity index (χ1v) is 8.46. The molecular weight excluding hydrogens is 318 g/mol. The Hall–Kier alpha value is -2.41. The molecule has 1 N–H and O–H groups in total. The third-order valence-electron chi connectivity index (χ3n) is 3.06. The molecule has 0 aliphatic heterocycles. The average Bonchev–Trinajstić information content (AvgIpc) is 2.54. The van der Waals surface area contributed by atoms with Crippen molar-refractivity contribution in [1.82, 2.24) is 0 Å². The molecule has 0 unspecified atom stereocenters. The maximum absolute atomic E-state index is 12.5. The molecule has 7 heteroatoms. The van der Waals surface area contributed by atoms with E-state index in [0.29, 0.717) is 29.5 Å². The maximum Gasteiger partial charge on any atom is 0.262 e. The van der Waals surface area contributed by atoms with Crippen molar-refractivity contribution in [2.24, 2.45) is 0 Å². The van der Waals surface area contributed by atoms with Gasteiger partial charge in [0, 0.05) is 12.1 Å². The molecule has 2 aromatic rings. The summed E-state index contributed by atoms with van der Waals surface area (Å²) in [6.45, 7) is 2.37. The van der Waals surface area contributed by atoms with E-state index in [2.05, 4.69) is 4.72 Å². The molecule has 0 saturated carbocycles. The Balaban J connectivity index is 2.30. The predicted octanol–water partition coefficient (Wildman–Crippen LogP) is 2.90. The molecule has 0 aromatic heterocycles. The lowest BCUT2D eigenvalue weighted by Crippen LogP contribution is -2.13. The minimum Gasteiger partial charge on any atom is -0.494 e. The highest BCUT2D eigenvalue weighted by Crippen LogP contribution is 2.30. The molecule has 0 aliphatic carbocycles. The van der Waals surface area contributed by atoms with Gasteiger partial charge in [0.2, 0.25) is 0 Å². The number of anilines is 1. The fourth-order valence-corrected chi connectivity index (χ4v) is 3.08. The number of nitrogens with one attached hydrogen (secondary N) is 1. The third kappa shape index (κ3) is 4.07. The molecule has 6 nitrogen and oxygen atoms in total. The summed E-state index contributed by atoms with van der Waals surface area (Å²) in [7, 11) is -0.803. The van der Waals surface area contributed by atoms with Crippen molar-refractivity contribution >= 4 is 15.7 Å². The summed E-state index contributed by atoms with van der Waals surface area (Å²) in [5, 5.41) is 0. The van der Waals surface area contributed by atoms with E-state index in [1.165, 1.54) is 26.4 Å². The van der Waals surface area contributed by atoms with E-state index in [4.69, 9.17) is 14.2 Å². The van der Waals surface area contributed by atoms with Crippen molar-refractivity contribution in [1.29, 1.82) is 0 Å². The molecule has 2 aromatic carbocycles. The zero-order chi connectivity index (χ0) is 16.9. The number of sulfonamides is 1. The van der Waals surface area contributed by atoms with Crippen LogP contribution in [-0.2, 0) is 10.0 Å². The van der Waals surface area contributed by atoms with E-state index in [0.717, 1.165) is 0 Å². The van der Waals surface area contributed by atoms with Crippen LogP contribution >= 0.6 is 0 Å². The molecule has 0 atom stereocenters. The SMILES string of the molecule is CCOc1cccc(NS(=O)(=O)c2ccc(OC)c(OC)c2)c1. The monoisotopic (exact) mass is 337 g/mol. The second kappa shape index (κ2) is 7.23. The van der Waals surface area contributed by atoms with Crippen molar-refractivity contribution in [3.63, 3.8) is 0 Å². The van der Waals surface area contributed by atoms with Crippen LogP contribution in [0, 0.1) is 0 Å². The second-order valence-corrected chi connectivity index (χ2v) is 6.27. The first kappa shape index (κ1) is 17.0. The van der Waals surface area contributed by atoms with Crippen molar-refractivity contribution in [2.75, 3.05) is 25.5 Å². The molecule has 0 heterocycles. The molecule has 124 valence electrons. The van der Waals surface area contributed by atoms with Crippen LogP contribution in [0.4, 0.5) is 5.69 Å². The average molecular weight is 337 g/mol. The molecule has 2 rings (SSSR count). The Morgan fingerprint density at radius 2 is 1.74 bits per heavy atom. The van der Waals surface area contributed by atoms with E-state index < -0.39 is 10.0 Å². The summed E-state index contributed by atoms with van der Waals surface area (Å²) in [4.78, 5) is 0.0805. The molecule has 0 saturated heterocycles. The summed E-state index contributed by atoms with van der Waals surface area (Å²) < 4.78 is 43.1. The van der Waals surface area contributed by atoms with Gasteiger partial charge in [0.25, 0.3) is 10.0 Å². The van der Waals surface area contributed by atoms with Crippen LogP contribution in [-0.4, -0.2) is 29.2 Å². The van der Waals surface area contributed by atoms with E-state index >= 15 is 0 Å². The van der Waals surface area contributed by atoms with Gasteiger partial charge in [0.15, 0.2) is 11.5 Å². The van der Waals surface area contributed by atoms with E-state index in [1.807, 2.05) is 6.92 Å². The van der Waals surface area contributed by atoms with Crippen LogP contribution in [0.5, 0.6) is 17.2 Å². The summed E-state index contributed by atoms with van der Waals surface area (Å²) in [5.41, 5.74) is 0.422. The van der Waals surface area contributed by atoms with Crippen LogP contribution in [0.2, 0.25) is 0 Å². The number of methoxy groups -OCH3 is 2. The zero-order valence-corrected chi connectivity index (χ0v) is 14.0. The Labute approximate surface area is 136 Å². The highest BCUT2D eigenvalue weighted by atomic mass is 32.2. The van der Waals surface area contributed by atoms with Crippen LogP contribution < -0.4 is 18.9 Å². The van der Waals surface area contributed by atoms with Gasteiger partial charge < -0.3 is 14.2 Å². The van der Waals surface area contributed by atoms with Gasteiger partial charge in [0.1, 0.15) is 5.75 Å².